The first-order chi connectivity index (χ1) is 17.7. The third-order valence-corrected chi connectivity index (χ3v) is 6.81. The van der Waals surface area contributed by atoms with E-state index in [2.05, 4.69) is 26.8 Å². The summed E-state index contributed by atoms with van der Waals surface area (Å²) in [5, 5.41) is 0.561. The van der Waals surface area contributed by atoms with Crippen molar-refractivity contribution in [1.82, 2.24) is 4.90 Å². The van der Waals surface area contributed by atoms with Crippen LogP contribution < -0.4 is 24.7 Å². The van der Waals surface area contributed by atoms with Crippen LogP contribution in [0.25, 0.3) is 11.0 Å². The summed E-state index contributed by atoms with van der Waals surface area (Å²) in [6.07, 6.45) is 0. The van der Waals surface area contributed by atoms with E-state index in [0.29, 0.717) is 55.5 Å². The molecule has 3 heterocycles. The maximum Gasteiger partial charge on any atom is 0.234 e. The highest BCUT2D eigenvalue weighted by molar-refractivity contribution is 5.90. The smallest absolute Gasteiger partial charge is 0.234 e. The van der Waals surface area contributed by atoms with E-state index in [1.54, 1.807) is 0 Å². The molecule has 2 aliphatic rings. The average Bonchev–Trinajstić information content (AvgIpc) is 2.92. The minimum absolute atomic E-state index is 0.104. The predicted octanol–water partition coefficient (Wildman–Crippen LogP) is 3.75. The number of rotatable bonds is 8. The van der Waals surface area contributed by atoms with Crippen LogP contribution in [0, 0.1) is 0 Å². The van der Waals surface area contributed by atoms with Crippen LogP contribution in [0.1, 0.15) is 19.6 Å². The Morgan fingerprint density at radius 3 is 2.19 bits per heavy atom. The number of hydrogen-bond acceptors (Lipinski definition) is 8. The molecule has 0 bridgehead atoms. The molecule has 2 aliphatic heterocycles. The number of benzene rings is 2. The summed E-state index contributed by atoms with van der Waals surface area (Å²) >= 11 is 0. The standard InChI is InChI=1S/C28H35N3O5/c1-3-34-24-11-6-5-9-22(24)30-12-14-31(15-13-30)23-10-7-8-21-26(32)28(35-4-2)25(36-27(21)23)20-29-16-18-33-19-17-29/h5-11H,3-4,12-20H2,1-2H3. The Hall–Kier alpha value is -3.23. The predicted molar refractivity (Wildman–Crippen MR) is 142 cm³/mol. The summed E-state index contributed by atoms with van der Waals surface area (Å²) in [6, 6.07) is 14.0. The molecular formula is C28H35N3O5. The van der Waals surface area contributed by atoms with Gasteiger partial charge in [-0.2, -0.15) is 0 Å². The van der Waals surface area contributed by atoms with Crippen molar-refractivity contribution in [2.45, 2.75) is 20.4 Å². The fourth-order valence-corrected chi connectivity index (χ4v) is 5.02. The number of fused-ring (bicyclic) bond motifs is 1. The SMILES string of the molecule is CCOc1ccccc1N1CCN(c2cccc3c(=O)c(OCC)c(CN4CCOCC4)oc23)CC1. The minimum atomic E-state index is -0.104. The summed E-state index contributed by atoms with van der Waals surface area (Å²) in [7, 11) is 0. The molecule has 2 aromatic carbocycles. The quantitative estimate of drug-likeness (QED) is 0.470. The molecule has 192 valence electrons. The van der Waals surface area contributed by atoms with Crippen LogP contribution in [0.5, 0.6) is 11.5 Å². The highest BCUT2D eigenvalue weighted by Crippen LogP contribution is 2.33. The molecule has 1 aromatic heterocycles. The van der Waals surface area contributed by atoms with Crippen LogP contribution in [0.3, 0.4) is 0 Å². The molecule has 0 amide bonds. The first kappa shape index (κ1) is 24.5. The Labute approximate surface area is 211 Å². The fourth-order valence-electron chi connectivity index (χ4n) is 5.02. The van der Waals surface area contributed by atoms with Crippen LogP contribution in [0.2, 0.25) is 0 Å². The van der Waals surface area contributed by atoms with Gasteiger partial charge in [-0.05, 0) is 38.1 Å². The van der Waals surface area contributed by atoms with Gasteiger partial charge in [0, 0.05) is 39.3 Å². The maximum absolute atomic E-state index is 13.5. The molecule has 3 aromatic rings. The Morgan fingerprint density at radius 1 is 0.806 bits per heavy atom. The zero-order chi connectivity index (χ0) is 24.9. The van der Waals surface area contributed by atoms with E-state index in [0.717, 1.165) is 56.4 Å². The van der Waals surface area contributed by atoms with E-state index in [1.165, 1.54) is 0 Å². The summed E-state index contributed by atoms with van der Waals surface area (Å²) in [4.78, 5) is 20.4. The lowest BCUT2D eigenvalue weighted by Gasteiger charge is -2.38. The van der Waals surface area contributed by atoms with Crippen molar-refractivity contribution in [2.24, 2.45) is 0 Å². The number of ether oxygens (including phenoxy) is 3. The molecule has 0 atom stereocenters. The van der Waals surface area contributed by atoms with Gasteiger partial charge in [0.25, 0.3) is 0 Å². The molecule has 0 N–H and O–H groups in total. The summed E-state index contributed by atoms with van der Waals surface area (Å²) < 4.78 is 23.6. The second-order valence-electron chi connectivity index (χ2n) is 9.03. The normalized spacial score (nSPS) is 16.9. The zero-order valence-corrected chi connectivity index (χ0v) is 21.2. The number of para-hydroxylation sites is 3. The molecule has 0 unspecified atom stereocenters. The Bertz CT molecular complexity index is 1230. The van der Waals surface area contributed by atoms with E-state index in [9.17, 15) is 4.79 Å². The second-order valence-corrected chi connectivity index (χ2v) is 9.03. The van der Waals surface area contributed by atoms with Gasteiger partial charge >= 0.3 is 0 Å². The number of anilines is 2. The van der Waals surface area contributed by atoms with Crippen molar-refractivity contribution in [3.8, 4) is 11.5 Å². The topological polar surface area (TPSA) is 67.6 Å². The molecule has 8 heteroatoms. The van der Waals surface area contributed by atoms with E-state index >= 15 is 0 Å². The summed E-state index contributed by atoms with van der Waals surface area (Å²) in [5.74, 6) is 1.83. The van der Waals surface area contributed by atoms with Crippen molar-refractivity contribution in [1.29, 1.82) is 0 Å². The van der Waals surface area contributed by atoms with Crippen LogP contribution >= 0.6 is 0 Å². The van der Waals surface area contributed by atoms with Crippen molar-refractivity contribution in [3.05, 3.63) is 58.4 Å². The van der Waals surface area contributed by atoms with Gasteiger partial charge in [-0.15, -0.1) is 0 Å². The molecule has 0 spiro atoms. The molecule has 2 fully saturated rings. The monoisotopic (exact) mass is 493 g/mol. The summed E-state index contributed by atoms with van der Waals surface area (Å²) in [6.45, 7) is 11.8. The molecule has 0 radical (unpaired) electrons. The van der Waals surface area contributed by atoms with Crippen LogP contribution in [-0.2, 0) is 11.3 Å². The second kappa shape index (κ2) is 11.2. The Morgan fingerprint density at radius 2 is 1.47 bits per heavy atom. The maximum atomic E-state index is 13.5. The molecule has 0 aliphatic carbocycles. The number of hydrogen-bond donors (Lipinski definition) is 0. The van der Waals surface area contributed by atoms with Gasteiger partial charge in [0.1, 0.15) is 5.75 Å². The highest BCUT2D eigenvalue weighted by Gasteiger charge is 2.25. The number of nitrogens with zero attached hydrogens (tertiary/aromatic N) is 3. The Kier molecular flexibility index (Phi) is 7.63. The fraction of sp³-hybridized carbons (Fsp3) is 0.464. The van der Waals surface area contributed by atoms with E-state index < -0.39 is 0 Å². The van der Waals surface area contributed by atoms with Gasteiger partial charge in [0.15, 0.2) is 11.3 Å². The van der Waals surface area contributed by atoms with Gasteiger partial charge in [-0.3, -0.25) is 9.69 Å². The highest BCUT2D eigenvalue weighted by atomic mass is 16.5. The lowest BCUT2D eigenvalue weighted by molar-refractivity contribution is 0.0308. The number of morpholine rings is 1. The first-order valence-corrected chi connectivity index (χ1v) is 12.9. The largest absolute Gasteiger partial charge is 0.492 e. The van der Waals surface area contributed by atoms with E-state index in [4.69, 9.17) is 18.6 Å². The number of piperazine rings is 1. The molecular weight excluding hydrogens is 458 g/mol. The zero-order valence-electron chi connectivity index (χ0n) is 21.2. The van der Waals surface area contributed by atoms with Crippen LogP contribution in [0.4, 0.5) is 11.4 Å². The van der Waals surface area contributed by atoms with Gasteiger partial charge in [0.05, 0.1) is 49.7 Å². The van der Waals surface area contributed by atoms with Gasteiger partial charge < -0.3 is 28.4 Å². The molecule has 0 saturated carbocycles. The molecule has 2 saturated heterocycles. The first-order valence-electron chi connectivity index (χ1n) is 12.9. The average molecular weight is 494 g/mol. The molecule has 8 nitrogen and oxygen atoms in total. The van der Waals surface area contributed by atoms with Gasteiger partial charge in [0.2, 0.25) is 11.2 Å². The van der Waals surface area contributed by atoms with Crippen LogP contribution in [-0.4, -0.2) is 70.6 Å². The third kappa shape index (κ3) is 5.01. The Balaban J connectivity index is 1.43. The third-order valence-electron chi connectivity index (χ3n) is 6.81. The lowest BCUT2D eigenvalue weighted by Crippen LogP contribution is -2.46. The van der Waals surface area contributed by atoms with E-state index in [1.807, 2.05) is 44.2 Å². The van der Waals surface area contributed by atoms with Gasteiger partial charge in [-0.1, -0.05) is 18.2 Å². The van der Waals surface area contributed by atoms with Crippen molar-refractivity contribution >= 4 is 22.3 Å². The molecule has 5 rings (SSSR count). The van der Waals surface area contributed by atoms with Crippen molar-refractivity contribution in [3.63, 3.8) is 0 Å². The van der Waals surface area contributed by atoms with Crippen molar-refractivity contribution < 1.29 is 18.6 Å². The van der Waals surface area contributed by atoms with E-state index in [-0.39, 0.29) is 5.43 Å². The molecule has 36 heavy (non-hydrogen) atoms. The summed E-state index contributed by atoms with van der Waals surface area (Å²) in [5.41, 5.74) is 2.61. The minimum Gasteiger partial charge on any atom is -0.492 e. The lowest BCUT2D eigenvalue weighted by atomic mass is 10.1. The van der Waals surface area contributed by atoms with Crippen LogP contribution in [0.15, 0.2) is 51.7 Å². The van der Waals surface area contributed by atoms with Gasteiger partial charge in [-0.25, -0.2) is 0 Å². The van der Waals surface area contributed by atoms with Crippen molar-refractivity contribution in [2.75, 3.05) is 75.5 Å².